The Morgan fingerprint density at radius 1 is 1.17 bits per heavy atom. The zero-order valence-electron chi connectivity index (χ0n) is 12.7. The summed E-state index contributed by atoms with van der Waals surface area (Å²) >= 11 is 6.04. The van der Waals surface area contributed by atoms with Gasteiger partial charge in [0.1, 0.15) is 28.5 Å². The highest BCUT2D eigenvalue weighted by Gasteiger charge is 2.17. The summed E-state index contributed by atoms with van der Waals surface area (Å²) in [7, 11) is 0. The Morgan fingerprint density at radius 3 is 2.79 bits per heavy atom. The summed E-state index contributed by atoms with van der Waals surface area (Å²) in [5, 5.41) is 1.05. The van der Waals surface area contributed by atoms with Crippen molar-refractivity contribution in [2.45, 2.75) is 13.3 Å². The van der Waals surface area contributed by atoms with Crippen LogP contribution in [0.1, 0.15) is 12.7 Å². The third-order valence-corrected chi connectivity index (χ3v) is 3.95. The SMILES string of the molecule is CCc1nc(Oc2ccc(F)cc2Cl)c2oc3ccccc3c2n1. The molecule has 4 rings (SSSR count). The number of hydrogen-bond acceptors (Lipinski definition) is 4. The molecule has 2 aromatic carbocycles. The molecule has 0 aliphatic rings. The third-order valence-electron chi connectivity index (χ3n) is 3.65. The molecule has 0 fully saturated rings. The minimum Gasteiger partial charge on any atom is -0.449 e. The zero-order chi connectivity index (χ0) is 16.7. The van der Waals surface area contributed by atoms with Gasteiger partial charge < -0.3 is 9.15 Å². The first-order valence-electron chi connectivity index (χ1n) is 7.46. The Hall–Kier alpha value is -2.66. The third kappa shape index (κ3) is 2.47. The predicted molar refractivity (Wildman–Crippen MR) is 90.2 cm³/mol. The van der Waals surface area contributed by atoms with Crippen LogP contribution in [0, 0.1) is 5.82 Å². The van der Waals surface area contributed by atoms with Crippen LogP contribution in [0.4, 0.5) is 4.39 Å². The lowest BCUT2D eigenvalue weighted by molar-refractivity contribution is 0.452. The molecule has 0 aliphatic carbocycles. The number of rotatable bonds is 3. The number of ether oxygens (including phenoxy) is 1. The van der Waals surface area contributed by atoms with E-state index < -0.39 is 5.82 Å². The van der Waals surface area contributed by atoms with Crippen LogP contribution in [0.3, 0.4) is 0 Å². The molecule has 0 atom stereocenters. The van der Waals surface area contributed by atoms with E-state index in [2.05, 4.69) is 9.97 Å². The fraction of sp³-hybridized carbons (Fsp3) is 0.111. The Bertz CT molecular complexity index is 1060. The lowest BCUT2D eigenvalue weighted by atomic mass is 10.2. The highest BCUT2D eigenvalue weighted by Crippen LogP contribution is 2.36. The first-order valence-corrected chi connectivity index (χ1v) is 7.84. The molecular formula is C18H12ClFN2O2. The van der Waals surface area contributed by atoms with Crippen LogP contribution >= 0.6 is 11.6 Å². The number of para-hydroxylation sites is 1. The van der Waals surface area contributed by atoms with Crippen LogP contribution in [0.5, 0.6) is 11.6 Å². The van der Waals surface area contributed by atoms with Crippen molar-refractivity contribution in [2.24, 2.45) is 0 Å². The number of nitrogens with zero attached hydrogens (tertiary/aromatic N) is 2. The number of aryl methyl sites for hydroxylation is 1. The normalized spacial score (nSPS) is 11.3. The van der Waals surface area contributed by atoms with Gasteiger partial charge in [0.2, 0.25) is 5.58 Å². The smallest absolute Gasteiger partial charge is 0.267 e. The summed E-state index contributed by atoms with van der Waals surface area (Å²) in [6, 6.07) is 11.5. The minimum atomic E-state index is -0.432. The molecule has 0 bridgehead atoms. The number of halogens is 2. The molecule has 24 heavy (non-hydrogen) atoms. The first-order chi connectivity index (χ1) is 11.7. The standard InChI is InChI=1S/C18H12ClFN2O2/c1-2-15-21-16-11-5-3-4-6-13(11)23-17(16)18(22-15)24-14-8-7-10(20)9-12(14)19/h3-9H,2H2,1H3. The molecular weight excluding hydrogens is 331 g/mol. The molecule has 0 amide bonds. The molecule has 0 saturated carbocycles. The van der Waals surface area contributed by atoms with E-state index in [1.807, 2.05) is 31.2 Å². The molecule has 2 aromatic heterocycles. The summed E-state index contributed by atoms with van der Waals surface area (Å²) in [5.41, 5.74) is 1.82. The second-order valence-corrected chi connectivity index (χ2v) is 5.66. The van der Waals surface area contributed by atoms with E-state index >= 15 is 0 Å². The van der Waals surface area contributed by atoms with Gasteiger partial charge in [0.15, 0.2) is 0 Å². The Labute approximate surface area is 141 Å². The van der Waals surface area contributed by atoms with Crippen LogP contribution in [-0.4, -0.2) is 9.97 Å². The van der Waals surface area contributed by atoms with Crippen LogP contribution in [0.2, 0.25) is 5.02 Å². The van der Waals surface area contributed by atoms with Crippen molar-refractivity contribution < 1.29 is 13.5 Å². The largest absolute Gasteiger partial charge is 0.449 e. The van der Waals surface area contributed by atoms with Crippen molar-refractivity contribution in [3.05, 3.63) is 59.1 Å². The molecule has 4 aromatic rings. The molecule has 0 unspecified atom stereocenters. The van der Waals surface area contributed by atoms with Gasteiger partial charge >= 0.3 is 0 Å². The summed E-state index contributed by atoms with van der Waals surface area (Å²) in [6.07, 6.45) is 0.642. The van der Waals surface area contributed by atoms with Gasteiger partial charge in [-0.25, -0.2) is 9.37 Å². The summed E-state index contributed by atoms with van der Waals surface area (Å²) in [4.78, 5) is 8.94. The number of furan rings is 1. The Balaban J connectivity index is 1.93. The lowest BCUT2D eigenvalue weighted by Crippen LogP contribution is -1.97. The van der Waals surface area contributed by atoms with Crippen molar-refractivity contribution in [3.8, 4) is 11.6 Å². The molecule has 2 heterocycles. The van der Waals surface area contributed by atoms with Gasteiger partial charge in [-0.3, -0.25) is 0 Å². The highest BCUT2D eigenvalue weighted by atomic mass is 35.5. The van der Waals surface area contributed by atoms with E-state index in [9.17, 15) is 4.39 Å². The number of benzene rings is 2. The fourth-order valence-electron chi connectivity index (χ4n) is 2.50. The monoisotopic (exact) mass is 342 g/mol. The van der Waals surface area contributed by atoms with Gasteiger partial charge in [0.05, 0.1) is 5.02 Å². The van der Waals surface area contributed by atoms with Gasteiger partial charge in [-0.1, -0.05) is 30.7 Å². The maximum absolute atomic E-state index is 13.2. The highest BCUT2D eigenvalue weighted by molar-refractivity contribution is 6.32. The lowest BCUT2D eigenvalue weighted by Gasteiger charge is -2.08. The first kappa shape index (κ1) is 14.9. The van der Waals surface area contributed by atoms with Crippen molar-refractivity contribution in [1.82, 2.24) is 9.97 Å². The van der Waals surface area contributed by atoms with Crippen molar-refractivity contribution in [1.29, 1.82) is 0 Å². The van der Waals surface area contributed by atoms with E-state index in [0.29, 0.717) is 34.7 Å². The van der Waals surface area contributed by atoms with Gasteiger partial charge in [0.25, 0.3) is 5.88 Å². The summed E-state index contributed by atoms with van der Waals surface area (Å²) < 4.78 is 24.9. The Morgan fingerprint density at radius 2 is 2.00 bits per heavy atom. The van der Waals surface area contributed by atoms with E-state index in [1.165, 1.54) is 18.2 Å². The Kier molecular flexibility index (Phi) is 3.58. The number of hydrogen-bond donors (Lipinski definition) is 0. The van der Waals surface area contributed by atoms with Crippen LogP contribution in [0.15, 0.2) is 46.9 Å². The van der Waals surface area contributed by atoms with Gasteiger partial charge in [-0.05, 0) is 30.3 Å². The second-order valence-electron chi connectivity index (χ2n) is 5.25. The second kappa shape index (κ2) is 5.76. The number of aromatic nitrogens is 2. The number of fused-ring (bicyclic) bond motifs is 3. The molecule has 6 heteroatoms. The van der Waals surface area contributed by atoms with Crippen LogP contribution in [-0.2, 0) is 6.42 Å². The van der Waals surface area contributed by atoms with Gasteiger partial charge in [0, 0.05) is 11.8 Å². The summed E-state index contributed by atoms with van der Waals surface area (Å²) in [5.74, 6) is 0.766. The predicted octanol–water partition coefficient (Wildman–Crippen LogP) is 5.52. The van der Waals surface area contributed by atoms with Gasteiger partial charge in [-0.2, -0.15) is 4.98 Å². The molecule has 0 aliphatic heterocycles. The van der Waals surface area contributed by atoms with Crippen LogP contribution in [0.25, 0.3) is 22.1 Å². The summed E-state index contributed by atoms with van der Waals surface area (Å²) in [6.45, 7) is 1.96. The quantitative estimate of drug-likeness (QED) is 0.491. The molecule has 120 valence electrons. The van der Waals surface area contributed by atoms with Crippen molar-refractivity contribution >= 4 is 33.7 Å². The van der Waals surface area contributed by atoms with E-state index in [0.717, 1.165) is 5.39 Å². The maximum atomic E-state index is 13.2. The fourth-order valence-corrected chi connectivity index (χ4v) is 2.71. The zero-order valence-corrected chi connectivity index (χ0v) is 13.5. The minimum absolute atomic E-state index is 0.163. The molecule has 0 radical (unpaired) electrons. The molecule has 0 N–H and O–H groups in total. The average Bonchev–Trinajstić information content (AvgIpc) is 2.96. The van der Waals surface area contributed by atoms with Crippen LogP contribution < -0.4 is 4.74 Å². The van der Waals surface area contributed by atoms with Crippen molar-refractivity contribution in [2.75, 3.05) is 0 Å². The molecule has 0 saturated heterocycles. The molecule has 0 spiro atoms. The average molecular weight is 343 g/mol. The van der Waals surface area contributed by atoms with Gasteiger partial charge in [-0.15, -0.1) is 0 Å². The van der Waals surface area contributed by atoms with E-state index in [4.69, 9.17) is 20.8 Å². The van der Waals surface area contributed by atoms with E-state index in [1.54, 1.807) is 0 Å². The van der Waals surface area contributed by atoms with Crippen molar-refractivity contribution in [3.63, 3.8) is 0 Å². The van der Waals surface area contributed by atoms with E-state index in [-0.39, 0.29) is 10.9 Å². The topological polar surface area (TPSA) is 48.2 Å². The maximum Gasteiger partial charge on any atom is 0.267 e. The molecule has 4 nitrogen and oxygen atoms in total.